The minimum absolute atomic E-state index is 0.787. The Balaban J connectivity index is 1.88. The second kappa shape index (κ2) is 7.79. The summed E-state index contributed by atoms with van der Waals surface area (Å²) < 4.78 is 24.3. The van der Waals surface area contributed by atoms with Gasteiger partial charge in [-0.3, -0.25) is 4.98 Å². The lowest BCUT2D eigenvalue weighted by Crippen LogP contribution is -2.62. The maximum atomic E-state index is 6.22. The van der Waals surface area contributed by atoms with Gasteiger partial charge < -0.3 is 16.5 Å². The average Bonchev–Trinajstić information content (AvgIpc) is 2.35. The average molecular weight is 352 g/mol. The summed E-state index contributed by atoms with van der Waals surface area (Å²) in [5.41, 5.74) is 0. The van der Waals surface area contributed by atoms with E-state index in [1.807, 2.05) is 0 Å². The van der Waals surface area contributed by atoms with E-state index in [9.17, 15) is 0 Å². The van der Waals surface area contributed by atoms with Crippen LogP contribution in [0.5, 0.6) is 0 Å². The fourth-order valence-corrected chi connectivity index (χ4v) is 16.8. The minimum atomic E-state index is -2.31. The molecule has 0 aromatic carbocycles. The Hall–Kier alpha value is 0.668. The van der Waals surface area contributed by atoms with Crippen LogP contribution in [-0.2, 0) is 16.5 Å². The van der Waals surface area contributed by atoms with Crippen molar-refractivity contribution in [2.75, 3.05) is 6.54 Å². The molecular formula is C11H29NO4Si4. The quantitative estimate of drug-likeness (QED) is 0.778. The van der Waals surface area contributed by atoms with Crippen molar-refractivity contribution in [3.05, 3.63) is 0 Å². The van der Waals surface area contributed by atoms with Crippen molar-refractivity contribution in [1.29, 1.82) is 0 Å². The van der Waals surface area contributed by atoms with E-state index in [2.05, 4.69) is 31.2 Å². The molecule has 2 fully saturated rings. The van der Waals surface area contributed by atoms with Crippen molar-refractivity contribution in [3.8, 4) is 0 Å². The molecule has 2 rings (SSSR count). The van der Waals surface area contributed by atoms with Crippen molar-refractivity contribution in [1.82, 2.24) is 4.98 Å². The van der Waals surface area contributed by atoms with Crippen molar-refractivity contribution >= 4 is 36.6 Å². The first-order valence-electron chi connectivity index (χ1n) is 7.88. The summed E-state index contributed by atoms with van der Waals surface area (Å²) in [6, 6.07) is 0. The molecule has 1 saturated heterocycles. The van der Waals surface area contributed by atoms with Crippen LogP contribution in [0.2, 0.25) is 26.2 Å². The van der Waals surface area contributed by atoms with Crippen LogP contribution in [0.1, 0.15) is 32.1 Å². The van der Waals surface area contributed by atoms with E-state index in [0.29, 0.717) is 0 Å². The lowest BCUT2D eigenvalue weighted by molar-refractivity contribution is 0.258. The Morgan fingerprint density at radius 1 is 0.950 bits per heavy atom. The van der Waals surface area contributed by atoms with Crippen molar-refractivity contribution in [2.24, 2.45) is 5.92 Å². The van der Waals surface area contributed by atoms with Gasteiger partial charge in [-0.05, 0) is 51.5 Å². The molecule has 1 heterocycles. The molecule has 9 heteroatoms. The van der Waals surface area contributed by atoms with Gasteiger partial charge in [0.1, 0.15) is 0 Å². The van der Waals surface area contributed by atoms with Crippen LogP contribution in [-0.4, -0.2) is 43.1 Å². The first kappa shape index (κ1) is 17.0. The summed E-state index contributed by atoms with van der Waals surface area (Å²) in [5, 5.41) is 0. The molecule has 0 aromatic heterocycles. The Morgan fingerprint density at radius 2 is 1.50 bits per heavy atom. The Morgan fingerprint density at radius 3 is 2.05 bits per heavy atom. The van der Waals surface area contributed by atoms with Crippen LogP contribution in [0.3, 0.4) is 0 Å². The third-order valence-corrected chi connectivity index (χ3v) is 17.2. The first-order valence-corrected chi connectivity index (χ1v) is 16.5. The molecule has 2 atom stereocenters. The molecule has 5 nitrogen and oxygen atoms in total. The third kappa shape index (κ3) is 5.46. The molecule has 1 N–H and O–H groups in total. The van der Waals surface area contributed by atoms with Gasteiger partial charge in [0.15, 0.2) is 0 Å². The maximum absolute atomic E-state index is 6.22. The molecular weight excluding hydrogens is 322 g/mol. The Labute approximate surface area is 129 Å². The van der Waals surface area contributed by atoms with Gasteiger partial charge in [0.05, 0.1) is 0 Å². The van der Waals surface area contributed by atoms with Crippen LogP contribution < -0.4 is 4.98 Å². The number of nitrogens with one attached hydrogen (secondary N) is 1. The van der Waals surface area contributed by atoms with Crippen molar-refractivity contribution in [2.45, 2.75) is 58.3 Å². The van der Waals surface area contributed by atoms with E-state index in [1.165, 1.54) is 32.1 Å². The highest BCUT2D eigenvalue weighted by atomic mass is 28.5. The predicted molar refractivity (Wildman–Crippen MR) is 89.6 cm³/mol. The van der Waals surface area contributed by atoms with E-state index < -0.39 is 36.6 Å². The summed E-state index contributed by atoms with van der Waals surface area (Å²) in [6.45, 7) is 9.38. The highest BCUT2D eigenvalue weighted by Gasteiger charge is 2.40. The maximum Gasteiger partial charge on any atom is 0.403 e. The predicted octanol–water partition coefficient (Wildman–Crippen LogP) is 1.36. The summed E-state index contributed by atoms with van der Waals surface area (Å²) in [5.74, 6) is 0.787. The molecule has 2 aliphatic rings. The lowest BCUT2D eigenvalue weighted by Gasteiger charge is -2.38. The summed E-state index contributed by atoms with van der Waals surface area (Å²) in [7, 11) is -7.07. The third-order valence-electron chi connectivity index (χ3n) is 3.98. The van der Waals surface area contributed by atoms with Gasteiger partial charge in [0, 0.05) is 0 Å². The molecule has 1 saturated carbocycles. The van der Waals surface area contributed by atoms with Gasteiger partial charge in [0.2, 0.25) is 0 Å². The largest absolute Gasteiger partial charge is 0.420 e. The molecule has 0 radical (unpaired) electrons. The molecule has 1 aliphatic carbocycles. The second-order valence-corrected chi connectivity index (χ2v) is 15.8. The zero-order valence-corrected chi connectivity index (χ0v) is 17.6. The molecule has 118 valence electrons. The van der Waals surface area contributed by atoms with Crippen molar-refractivity contribution < 1.29 is 16.5 Å². The zero-order valence-electron chi connectivity index (χ0n) is 13.2. The van der Waals surface area contributed by atoms with Crippen molar-refractivity contribution in [3.63, 3.8) is 0 Å². The zero-order chi connectivity index (χ0) is 14.6. The molecule has 0 aromatic rings. The molecule has 2 unspecified atom stereocenters. The fraction of sp³-hybridized carbons (Fsp3) is 1.00. The van der Waals surface area contributed by atoms with Crippen LogP contribution >= 0.6 is 0 Å². The molecule has 0 spiro atoms. The molecule has 20 heavy (non-hydrogen) atoms. The van der Waals surface area contributed by atoms with E-state index in [0.717, 1.165) is 12.5 Å². The summed E-state index contributed by atoms with van der Waals surface area (Å²) in [4.78, 5) is 3.63. The monoisotopic (exact) mass is 351 g/mol. The first-order chi connectivity index (χ1) is 9.47. The SMILES string of the molecule is C[SiH]1O[SiH](C)O[Si](C)(NCC2CCCCC2)O[SiH](C)O1. The van der Waals surface area contributed by atoms with Gasteiger partial charge in [-0.1, -0.05) is 19.3 Å². The van der Waals surface area contributed by atoms with Gasteiger partial charge in [0.25, 0.3) is 9.28 Å². The number of rotatable bonds is 3. The Bertz CT molecular complexity index is 292. The van der Waals surface area contributed by atoms with Crippen LogP contribution in [0.4, 0.5) is 0 Å². The summed E-state index contributed by atoms with van der Waals surface area (Å²) in [6.07, 6.45) is 6.83. The highest BCUT2D eigenvalue weighted by molar-refractivity contribution is 6.79. The normalized spacial score (nSPS) is 41.1. The lowest BCUT2D eigenvalue weighted by atomic mass is 9.90. The number of hydrogen-bond donors (Lipinski definition) is 1. The second-order valence-electron chi connectivity index (χ2n) is 6.04. The highest BCUT2D eigenvalue weighted by Crippen LogP contribution is 2.23. The van der Waals surface area contributed by atoms with Crippen LogP contribution in [0, 0.1) is 5.92 Å². The van der Waals surface area contributed by atoms with E-state index >= 15 is 0 Å². The van der Waals surface area contributed by atoms with Gasteiger partial charge >= 0.3 is 27.3 Å². The standard InChI is InChI=1S/C11H29NO4Si4/c1-17-13-18(2)15-20(4,16-19(3)14-17)12-10-11-8-6-5-7-9-11/h11-12,17-19H,5-10H2,1-4H3. The number of hydrogen-bond acceptors (Lipinski definition) is 5. The molecule has 0 amide bonds. The minimum Gasteiger partial charge on any atom is -0.420 e. The smallest absolute Gasteiger partial charge is 0.403 e. The fourth-order valence-electron chi connectivity index (χ4n) is 3.09. The van der Waals surface area contributed by atoms with E-state index in [4.69, 9.17) is 16.5 Å². The van der Waals surface area contributed by atoms with E-state index in [-0.39, 0.29) is 0 Å². The Kier molecular flexibility index (Phi) is 6.63. The molecule has 1 aliphatic heterocycles. The van der Waals surface area contributed by atoms with Crippen LogP contribution in [0.15, 0.2) is 0 Å². The topological polar surface area (TPSA) is 49.0 Å². The van der Waals surface area contributed by atoms with Crippen LogP contribution in [0.25, 0.3) is 0 Å². The molecule has 0 bridgehead atoms. The summed E-state index contributed by atoms with van der Waals surface area (Å²) >= 11 is 0. The van der Waals surface area contributed by atoms with Gasteiger partial charge in [-0.25, -0.2) is 0 Å². The van der Waals surface area contributed by atoms with Gasteiger partial charge in [-0.2, -0.15) is 0 Å². The van der Waals surface area contributed by atoms with E-state index in [1.54, 1.807) is 0 Å². The van der Waals surface area contributed by atoms with Gasteiger partial charge in [-0.15, -0.1) is 0 Å².